The molecule has 0 aromatic rings. The average molecular weight is 293 g/mol. The van der Waals surface area contributed by atoms with Gasteiger partial charge in [-0.05, 0) is 38.5 Å². The molecule has 2 heterocycles. The first-order valence-corrected chi connectivity index (χ1v) is 8.43. The molecular formula is C16H27N3O2. The first-order chi connectivity index (χ1) is 10.1. The second kappa shape index (κ2) is 6.34. The van der Waals surface area contributed by atoms with Crippen LogP contribution in [0.25, 0.3) is 0 Å². The van der Waals surface area contributed by atoms with E-state index in [1.165, 1.54) is 12.8 Å². The molecule has 3 aliphatic rings. The fourth-order valence-electron chi connectivity index (χ4n) is 3.62. The minimum atomic E-state index is 0.0991. The summed E-state index contributed by atoms with van der Waals surface area (Å²) in [5, 5.41) is 3.24. The summed E-state index contributed by atoms with van der Waals surface area (Å²) in [6.45, 7) is 5.34. The van der Waals surface area contributed by atoms with E-state index in [4.69, 9.17) is 0 Å². The highest BCUT2D eigenvalue weighted by Gasteiger charge is 2.33. The van der Waals surface area contributed by atoms with Crippen LogP contribution in [0.5, 0.6) is 0 Å². The molecule has 21 heavy (non-hydrogen) atoms. The van der Waals surface area contributed by atoms with Gasteiger partial charge < -0.3 is 15.1 Å². The molecule has 0 unspecified atom stereocenters. The van der Waals surface area contributed by atoms with Crippen LogP contribution in [0.15, 0.2) is 0 Å². The molecule has 0 spiro atoms. The second-order valence-corrected chi connectivity index (χ2v) is 6.83. The van der Waals surface area contributed by atoms with Crippen LogP contribution in [0.3, 0.4) is 0 Å². The molecule has 0 bridgehead atoms. The molecule has 1 saturated carbocycles. The van der Waals surface area contributed by atoms with Crippen molar-refractivity contribution in [1.29, 1.82) is 0 Å². The largest absolute Gasteiger partial charge is 0.353 e. The highest BCUT2D eigenvalue weighted by molar-refractivity contribution is 5.79. The number of hydrogen-bond donors (Lipinski definition) is 1. The Morgan fingerprint density at radius 3 is 2.05 bits per heavy atom. The molecule has 2 aliphatic heterocycles. The summed E-state index contributed by atoms with van der Waals surface area (Å²) >= 11 is 0. The van der Waals surface area contributed by atoms with Gasteiger partial charge in [0, 0.05) is 51.1 Å². The Morgan fingerprint density at radius 2 is 1.52 bits per heavy atom. The average Bonchev–Trinajstić information content (AvgIpc) is 3.33. The van der Waals surface area contributed by atoms with Crippen LogP contribution in [0, 0.1) is 5.92 Å². The fourth-order valence-corrected chi connectivity index (χ4v) is 3.62. The summed E-state index contributed by atoms with van der Waals surface area (Å²) in [7, 11) is 0. The smallest absolute Gasteiger partial charge is 0.223 e. The Balaban J connectivity index is 1.39. The van der Waals surface area contributed by atoms with E-state index in [0.717, 1.165) is 57.9 Å². The molecule has 0 radical (unpaired) electrons. The van der Waals surface area contributed by atoms with E-state index in [0.29, 0.717) is 6.04 Å². The number of hydrogen-bond acceptors (Lipinski definition) is 3. The van der Waals surface area contributed by atoms with Crippen LogP contribution in [-0.2, 0) is 9.59 Å². The maximum atomic E-state index is 12.3. The number of likely N-dealkylation sites (tertiary alicyclic amines) is 2. The van der Waals surface area contributed by atoms with E-state index in [1.54, 1.807) is 6.92 Å². The minimum Gasteiger partial charge on any atom is -0.353 e. The monoisotopic (exact) mass is 293 g/mol. The van der Waals surface area contributed by atoms with Gasteiger partial charge in [-0.15, -0.1) is 0 Å². The minimum absolute atomic E-state index is 0.0991. The van der Waals surface area contributed by atoms with E-state index in [9.17, 15) is 9.59 Å². The van der Waals surface area contributed by atoms with Gasteiger partial charge in [0.05, 0.1) is 0 Å². The Bertz CT molecular complexity index is 392. The van der Waals surface area contributed by atoms with Crippen LogP contribution in [0.1, 0.15) is 45.4 Å². The van der Waals surface area contributed by atoms with Crippen molar-refractivity contribution in [1.82, 2.24) is 15.1 Å². The summed E-state index contributed by atoms with van der Waals surface area (Å²) in [6.07, 6.45) is 6.54. The zero-order valence-corrected chi connectivity index (χ0v) is 13.0. The standard InChI is InChI=1S/C16H27N3O2/c1-12(20)18-8-4-13(5-9-18)16(21)17-14-6-10-19(11-7-14)15-2-3-15/h13-15H,2-11H2,1H3,(H,17,21). The van der Waals surface area contributed by atoms with Crippen molar-refractivity contribution in [3.63, 3.8) is 0 Å². The Labute approximate surface area is 127 Å². The molecule has 3 rings (SSSR count). The van der Waals surface area contributed by atoms with E-state index >= 15 is 0 Å². The molecule has 3 fully saturated rings. The zero-order chi connectivity index (χ0) is 14.8. The van der Waals surface area contributed by atoms with E-state index < -0.39 is 0 Å². The van der Waals surface area contributed by atoms with Crippen LogP contribution in [-0.4, -0.2) is 59.9 Å². The van der Waals surface area contributed by atoms with Gasteiger partial charge in [0.2, 0.25) is 11.8 Å². The maximum absolute atomic E-state index is 12.3. The highest BCUT2D eigenvalue weighted by atomic mass is 16.2. The molecule has 1 N–H and O–H groups in total. The molecule has 5 nitrogen and oxygen atoms in total. The van der Waals surface area contributed by atoms with Crippen LogP contribution in [0.4, 0.5) is 0 Å². The predicted molar refractivity (Wildman–Crippen MR) is 80.7 cm³/mol. The third kappa shape index (κ3) is 3.76. The Morgan fingerprint density at radius 1 is 0.905 bits per heavy atom. The molecule has 0 aromatic heterocycles. The third-order valence-corrected chi connectivity index (χ3v) is 5.25. The van der Waals surface area contributed by atoms with Crippen molar-refractivity contribution in [2.24, 2.45) is 5.92 Å². The van der Waals surface area contributed by atoms with E-state index in [2.05, 4.69) is 10.2 Å². The normalized spacial score (nSPS) is 25.9. The number of rotatable bonds is 3. The summed E-state index contributed by atoms with van der Waals surface area (Å²) in [6, 6.07) is 1.20. The first kappa shape index (κ1) is 14.8. The van der Waals surface area contributed by atoms with Gasteiger partial charge in [-0.2, -0.15) is 0 Å². The quantitative estimate of drug-likeness (QED) is 0.844. The van der Waals surface area contributed by atoms with Crippen molar-refractivity contribution >= 4 is 11.8 Å². The first-order valence-electron chi connectivity index (χ1n) is 8.43. The maximum Gasteiger partial charge on any atom is 0.223 e. The molecular weight excluding hydrogens is 266 g/mol. The molecule has 1 aliphatic carbocycles. The fraction of sp³-hybridized carbons (Fsp3) is 0.875. The summed E-state index contributed by atoms with van der Waals surface area (Å²) < 4.78 is 0. The van der Waals surface area contributed by atoms with Crippen LogP contribution >= 0.6 is 0 Å². The molecule has 5 heteroatoms. The van der Waals surface area contributed by atoms with Gasteiger partial charge in [-0.25, -0.2) is 0 Å². The lowest BCUT2D eigenvalue weighted by Crippen LogP contribution is -2.48. The number of carbonyl (C=O) groups is 2. The number of nitrogens with one attached hydrogen (secondary N) is 1. The number of amides is 2. The molecule has 0 atom stereocenters. The summed E-state index contributed by atoms with van der Waals surface area (Å²) in [5.41, 5.74) is 0. The summed E-state index contributed by atoms with van der Waals surface area (Å²) in [5.74, 6) is 0.437. The lowest BCUT2D eigenvalue weighted by Gasteiger charge is -2.35. The molecule has 0 aromatic carbocycles. The van der Waals surface area contributed by atoms with Gasteiger partial charge in [0.15, 0.2) is 0 Å². The van der Waals surface area contributed by atoms with Crippen molar-refractivity contribution in [2.45, 2.75) is 57.5 Å². The van der Waals surface area contributed by atoms with Gasteiger partial charge >= 0.3 is 0 Å². The van der Waals surface area contributed by atoms with Gasteiger partial charge in [0.25, 0.3) is 0 Å². The van der Waals surface area contributed by atoms with Crippen LogP contribution in [0.2, 0.25) is 0 Å². The van der Waals surface area contributed by atoms with Crippen molar-refractivity contribution in [2.75, 3.05) is 26.2 Å². The molecule has 2 saturated heterocycles. The lowest BCUT2D eigenvalue weighted by molar-refractivity contribution is -0.134. The van der Waals surface area contributed by atoms with Crippen molar-refractivity contribution < 1.29 is 9.59 Å². The Kier molecular flexibility index (Phi) is 4.48. The highest BCUT2D eigenvalue weighted by Crippen LogP contribution is 2.29. The van der Waals surface area contributed by atoms with Crippen molar-refractivity contribution in [3.05, 3.63) is 0 Å². The van der Waals surface area contributed by atoms with Gasteiger partial charge in [-0.3, -0.25) is 9.59 Å². The SMILES string of the molecule is CC(=O)N1CCC(C(=O)NC2CCN(C3CC3)CC2)CC1. The lowest BCUT2D eigenvalue weighted by atomic mass is 9.94. The number of carbonyl (C=O) groups excluding carboxylic acids is 2. The third-order valence-electron chi connectivity index (χ3n) is 5.25. The zero-order valence-electron chi connectivity index (χ0n) is 13.0. The van der Waals surface area contributed by atoms with Gasteiger partial charge in [0.1, 0.15) is 0 Å². The second-order valence-electron chi connectivity index (χ2n) is 6.83. The Hall–Kier alpha value is -1.10. The van der Waals surface area contributed by atoms with E-state index in [-0.39, 0.29) is 17.7 Å². The summed E-state index contributed by atoms with van der Waals surface area (Å²) in [4.78, 5) is 28.1. The van der Waals surface area contributed by atoms with Gasteiger partial charge in [-0.1, -0.05) is 0 Å². The number of piperidine rings is 2. The molecule has 2 amide bonds. The molecule has 118 valence electrons. The van der Waals surface area contributed by atoms with Crippen molar-refractivity contribution in [3.8, 4) is 0 Å². The van der Waals surface area contributed by atoms with Crippen LogP contribution < -0.4 is 5.32 Å². The topological polar surface area (TPSA) is 52.7 Å². The van der Waals surface area contributed by atoms with E-state index in [1.807, 2.05) is 4.90 Å². The number of nitrogens with zero attached hydrogens (tertiary/aromatic N) is 2. The predicted octanol–water partition coefficient (Wildman–Crippen LogP) is 0.988.